The summed E-state index contributed by atoms with van der Waals surface area (Å²) < 4.78 is 101. The lowest BCUT2D eigenvalue weighted by Crippen LogP contribution is -2.79. The van der Waals surface area contributed by atoms with Crippen molar-refractivity contribution in [2.24, 2.45) is 59.2 Å². The summed E-state index contributed by atoms with van der Waals surface area (Å²) in [7, 11) is 0. The van der Waals surface area contributed by atoms with Gasteiger partial charge in [-0.05, 0) is 226 Å². The van der Waals surface area contributed by atoms with E-state index in [0.29, 0.717) is 149 Å². The molecule has 0 radical (unpaired) electrons. The Bertz CT molecular complexity index is 5570. The Morgan fingerprint density at radius 3 is 1.57 bits per heavy atom. The van der Waals surface area contributed by atoms with Crippen LogP contribution in [0.1, 0.15) is 208 Å². The highest BCUT2D eigenvalue weighted by Gasteiger charge is 2.62. The molecule has 2 aromatic carbocycles. The summed E-state index contributed by atoms with van der Waals surface area (Å²) in [6.07, 6.45) is 20.4. The zero-order valence-corrected chi connectivity index (χ0v) is 82.6. The van der Waals surface area contributed by atoms with Crippen LogP contribution in [0.15, 0.2) is 115 Å². The van der Waals surface area contributed by atoms with Gasteiger partial charge in [-0.1, -0.05) is 110 Å². The molecular weight excluding hydrogens is 1800 g/mol. The number of nitrogens with one attached hydrogen (secondary N) is 8. The minimum Gasteiger partial charge on any atom is -0.350 e. The molecule has 0 spiro atoms. The number of hydrazine groups is 4. The fourth-order valence-electron chi connectivity index (χ4n) is 27.9. The van der Waals surface area contributed by atoms with E-state index in [4.69, 9.17) is 4.98 Å². The summed E-state index contributed by atoms with van der Waals surface area (Å²) in [5.74, 6) is -1.07. The Balaban J connectivity index is 0.000000134. The van der Waals surface area contributed by atoms with Gasteiger partial charge in [0, 0.05) is 166 Å². The van der Waals surface area contributed by atoms with Crippen molar-refractivity contribution in [1.82, 2.24) is 117 Å². The highest BCUT2D eigenvalue weighted by Crippen LogP contribution is 2.52. The van der Waals surface area contributed by atoms with Crippen molar-refractivity contribution >= 4 is 46.6 Å². The standard InChI is InChI=1S/C35H34F2N8O2.C35H56F2N8O2.C34H54F2N8O2/c1-5-29(46)42-15-16-44(21(4)18-42)33-25-17-27(37)31-30-24(12-7-13-26(30)36)28-19-43(41-40-28)14-8-10-22-9-6-11-23(20(2)3)32(22)45(34(25)38-31)35(47)39-33;1-5-29(46)42-15-16-43(21(4)18-42)33-25-17-27(37)31-30-26(36)13-8-14-28(30)44-19-23(40-41-44)11-6-9-22-10-7-12-24(20(2)3)32(22)45(34(25)38-31)35(47)39-33;1-5-28(45)41-14-15-42(20(4)17-41)32-24-16-26(36)30-29-25(35)10-7-11-27(29)43-18-22(39-40-43)13-12-21-8-6-9-23(19(2)3)31(21)44(33(24)37-30)34(46)38-32/h5-7,9,11-13,17,19-21H,1,8,10,14-16,18H2,2-4H3;5,19-22,24-28,30-34,38,40-41H,1,6-18H2,2-4H3,(H,39,47);5,18-21,23-27,29-33,37,39-40H,1,6-17H2,2-4H3,(H,38,46)/t21-;21-,22?,24?,25?,26?,27?,28?,30?,31?,32?,33?,34?;20-,21?,23?,24?,25?,26?,27?,29?,30?,31?,32?,33?/m000/s1. The van der Waals surface area contributed by atoms with E-state index in [1.807, 2.05) is 53.9 Å². The third-order valence-corrected chi connectivity index (χ3v) is 34.6. The first-order chi connectivity index (χ1) is 67.5. The number of pyridine rings is 1. The van der Waals surface area contributed by atoms with Crippen molar-refractivity contribution in [3.8, 4) is 28.2 Å². The number of urea groups is 2. The minimum atomic E-state index is -1.27. The highest BCUT2D eigenvalue weighted by molar-refractivity contribution is 5.93. The molecule has 7 amide bonds. The van der Waals surface area contributed by atoms with Crippen molar-refractivity contribution in [2.45, 2.75) is 313 Å². The predicted molar refractivity (Wildman–Crippen MR) is 524 cm³/mol. The molecule has 21 rings (SSSR count). The zero-order chi connectivity index (χ0) is 98.2. The first-order valence-electron chi connectivity index (χ1n) is 52.2. The molecule has 30 nitrogen and oxygen atoms in total. The Hall–Kier alpha value is -10.1. The topological polar surface area (TPSA) is 292 Å². The Kier molecular flexibility index (Phi) is 29.1. The number of carbonyl (C=O) groups excluding carboxylic acids is 5. The number of amides is 7. The van der Waals surface area contributed by atoms with Crippen molar-refractivity contribution < 1.29 is 50.3 Å². The third kappa shape index (κ3) is 18.8. The number of nitrogens with zero attached hydrogens (tertiary/aromatic N) is 16. The smallest absolute Gasteiger partial charge is 0.350 e. The SMILES string of the molecule is C=CC(=O)N1CCN(C2NC(=O)N3C4NC(C(F)CC42)C2C(F)CCCC2N2C=C(CCC4CCCC(C(C)C)C43)NN2)[C@@H](C)C1.C=CC(=O)N1CCN(C2NC(=O)N3C4NC(C(F)CC42)C2C(F)CCCC2N2C=C(CCCC4CCCC(C(C)C)C43)NN2)[C@@H](C)C1.C=CC(=O)N1CCN(c2nc(=O)n3c4nc(c(F)cc24)-c2c(F)cccc2-c2cn(nn2)CCCc2cccc(C(C)C)c2-3)[C@@H](C)C1. The van der Waals surface area contributed by atoms with Gasteiger partial charge in [0.25, 0.3) is 0 Å². The van der Waals surface area contributed by atoms with E-state index >= 15 is 26.3 Å². The number of piperidine rings is 2. The first-order valence-corrected chi connectivity index (χ1v) is 52.2. The number of halogens is 6. The molecule has 16 aliphatic rings. The number of fused-ring (bicyclic) bond motifs is 22. The number of hydrogen-bond acceptors (Lipinski definition) is 21. The maximum Gasteiger partial charge on any atom is 0.355 e. The average molecular weight is 1940 g/mol. The first kappa shape index (κ1) is 98.6. The Morgan fingerprint density at radius 2 is 1.04 bits per heavy atom. The lowest BCUT2D eigenvalue weighted by molar-refractivity contribution is -0.133. The van der Waals surface area contributed by atoms with Gasteiger partial charge in [0.05, 0.1) is 54.0 Å². The normalized spacial score (nSPS) is 34.0. The number of carbonyl (C=O) groups is 5. The number of rotatable bonds is 9. The van der Waals surface area contributed by atoms with Crippen molar-refractivity contribution in [3.63, 3.8) is 0 Å². The molecule has 11 fully saturated rings. The van der Waals surface area contributed by atoms with Crippen LogP contribution in [-0.2, 0) is 27.3 Å². The average Bonchev–Trinajstić information content (AvgIpc) is 0.745. The molecule has 7 saturated heterocycles. The van der Waals surface area contributed by atoms with Crippen molar-refractivity contribution in [2.75, 3.05) is 63.8 Å². The summed E-state index contributed by atoms with van der Waals surface area (Å²) in [5.41, 5.74) is 17.8. The summed E-state index contributed by atoms with van der Waals surface area (Å²) in [4.78, 5) is 106. The van der Waals surface area contributed by atoms with Crippen molar-refractivity contribution in [1.29, 1.82) is 0 Å². The second-order valence-electron chi connectivity index (χ2n) is 43.7. The van der Waals surface area contributed by atoms with Crippen LogP contribution in [0.2, 0.25) is 0 Å². The number of aryl methyl sites for hydroxylation is 2. The maximum absolute atomic E-state index is 16.9. The van der Waals surface area contributed by atoms with Crippen LogP contribution < -0.4 is 53.8 Å². The van der Waals surface area contributed by atoms with E-state index in [2.05, 4.69) is 152 Å². The molecular formula is C104H144F6N24O6. The van der Waals surface area contributed by atoms with Crippen LogP contribution in [0.4, 0.5) is 41.7 Å². The van der Waals surface area contributed by atoms with Crippen molar-refractivity contribution in [3.05, 3.63) is 144 Å². The number of alkyl halides is 4. The van der Waals surface area contributed by atoms with Crippen LogP contribution in [0.25, 0.3) is 39.2 Å². The number of hydrogen-bond donors (Lipinski definition) is 8. The predicted octanol–water partition coefficient (Wildman–Crippen LogP) is 12.9. The van der Waals surface area contributed by atoms with E-state index in [9.17, 15) is 28.8 Å². The molecule has 3 aromatic heterocycles. The largest absolute Gasteiger partial charge is 0.355 e. The number of para-hydroxylation sites is 1. The summed E-state index contributed by atoms with van der Waals surface area (Å²) in [5, 5.41) is 27.1. The van der Waals surface area contributed by atoms with E-state index < -0.39 is 78.3 Å². The van der Waals surface area contributed by atoms with Crippen LogP contribution in [0, 0.1) is 70.8 Å². The number of piperazine rings is 3. The van der Waals surface area contributed by atoms with Gasteiger partial charge >= 0.3 is 17.8 Å². The monoisotopic (exact) mass is 1940 g/mol. The number of anilines is 1. The Labute approximate surface area is 818 Å². The van der Waals surface area contributed by atoms with E-state index in [1.165, 1.54) is 41.0 Å². The molecule has 758 valence electrons. The van der Waals surface area contributed by atoms with Gasteiger partial charge in [-0.3, -0.25) is 49.5 Å². The van der Waals surface area contributed by atoms with E-state index in [1.54, 1.807) is 31.6 Å². The van der Waals surface area contributed by atoms with Gasteiger partial charge in [-0.15, -0.1) is 16.2 Å². The fraction of sp³-hybridized carbons (Fsp3) is 0.654. The molecule has 12 bridgehead atoms. The number of benzene rings is 2. The van der Waals surface area contributed by atoms with E-state index in [0.717, 1.165) is 119 Å². The molecule has 25 atom stereocenters. The second-order valence-corrected chi connectivity index (χ2v) is 43.7. The van der Waals surface area contributed by atoms with Gasteiger partial charge in [-0.2, -0.15) is 4.98 Å². The molecule has 5 aromatic rings. The molecule has 36 heteroatoms. The maximum atomic E-state index is 16.9. The number of allylic oxidation sites excluding steroid dienone is 2. The molecule has 140 heavy (non-hydrogen) atoms. The van der Waals surface area contributed by atoms with Gasteiger partial charge < -0.3 is 50.9 Å². The quantitative estimate of drug-likeness (QED) is 0.0502. The van der Waals surface area contributed by atoms with Crippen LogP contribution >= 0.6 is 0 Å². The summed E-state index contributed by atoms with van der Waals surface area (Å²) in [6.45, 7) is 35.0. The number of aromatic nitrogens is 6. The molecule has 4 saturated carbocycles. The summed E-state index contributed by atoms with van der Waals surface area (Å²) in [6, 6.07) is 9.32. The van der Waals surface area contributed by atoms with Gasteiger partial charge in [0.15, 0.2) is 11.5 Å². The molecule has 8 N–H and O–H groups in total. The van der Waals surface area contributed by atoms with Gasteiger partial charge in [0.1, 0.15) is 47.7 Å². The highest BCUT2D eigenvalue weighted by atomic mass is 19.2. The molecule has 22 unspecified atom stereocenters. The van der Waals surface area contributed by atoms with E-state index in [-0.39, 0.29) is 138 Å². The fourth-order valence-corrected chi connectivity index (χ4v) is 27.9. The second kappa shape index (κ2) is 41.3. The van der Waals surface area contributed by atoms with Crippen LogP contribution in [0.5, 0.6) is 0 Å². The molecule has 15 heterocycles. The minimum absolute atomic E-state index is 0.00106. The third-order valence-electron chi connectivity index (χ3n) is 34.6. The molecule has 4 aliphatic carbocycles. The summed E-state index contributed by atoms with van der Waals surface area (Å²) >= 11 is 0. The van der Waals surface area contributed by atoms with Crippen LogP contribution in [-0.4, -0.2) is 266 Å². The lowest BCUT2D eigenvalue weighted by atomic mass is 9.68. The Morgan fingerprint density at radius 1 is 0.529 bits per heavy atom. The van der Waals surface area contributed by atoms with Crippen LogP contribution in [0.3, 0.4) is 0 Å². The molecule has 12 aliphatic heterocycles. The lowest BCUT2D eigenvalue weighted by Gasteiger charge is -2.60. The zero-order valence-electron chi connectivity index (χ0n) is 82.6. The van der Waals surface area contributed by atoms with Gasteiger partial charge in [0.2, 0.25) is 17.7 Å². The van der Waals surface area contributed by atoms with Gasteiger partial charge in [-0.25, -0.2) is 50.3 Å².